The molecule has 4 heteroatoms. The van der Waals surface area contributed by atoms with Crippen molar-refractivity contribution in [3.63, 3.8) is 0 Å². The van der Waals surface area contributed by atoms with Crippen molar-refractivity contribution in [3.05, 3.63) is 63.6 Å². The van der Waals surface area contributed by atoms with Crippen LogP contribution in [0.2, 0.25) is 10.0 Å². The molecule has 0 spiro atoms. The van der Waals surface area contributed by atoms with Gasteiger partial charge in [-0.25, -0.2) is 0 Å². The van der Waals surface area contributed by atoms with E-state index >= 15 is 0 Å². The van der Waals surface area contributed by atoms with Crippen molar-refractivity contribution in [1.29, 1.82) is 0 Å². The fourth-order valence-corrected chi connectivity index (χ4v) is 2.27. The number of hydrogen-bond donors (Lipinski definition) is 1. The summed E-state index contributed by atoms with van der Waals surface area (Å²) in [6.45, 7) is 2.04. The molecule has 0 fully saturated rings. The summed E-state index contributed by atoms with van der Waals surface area (Å²) in [5.74, 6) is -0.0604. The highest BCUT2D eigenvalue weighted by Crippen LogP contribution is 2.25. The summed E-state index contributed by atoms with van der Waals surface area (Å²) < 4.78 is 0. The van der Waals surface area contributed by atoms with Crippen molar-refractivity contribution in [2.24, 2.45) is 0 Å². The number of anilines is 1. The lowest BCUT2D eigenvalue weighted by atomic mass is 10.1. The van der Waals surface area contributed by atoms with Crippen molar-refractivity contribution in [1.82, 2.24) is 0 Å². The molecule has 0 aromatic heterocycles. The van der Waals surface area contributed by atoms with Crippen LogP contribution in [0.3, 0.4) is 0 Å². The molecule has 0 radical (unpaired) electrons. The van der Waals surface area contributed by atoms with Crippen molar-refractivity contribution in [2.75, 3.05) is 5.32 Å². The van der Waals surface area contributed by atoms with Gasteiger partial charge in [0.15, 0.2) is 0 Å². The number of carbonyl (C=O) groups excluding carboxylic acids is 1. The van der Waals surface area contributed by atoms with Crippen LogP contribution in [0.1, 0.15) is 17.5 Å². The van der Waals surface area contributed by atoms with Crippen molar-refractivity contribution < 1.29 is 4.79 Å². The molecule has 0 atom stereocenters. The van der Waals surface area contributed by atoms with Gasteiger partial charge in [-0.2, -0.15) is 0 Å². The molecule has 2 nitrogen and oxygen atoms in total. The summed E-state index contributed by atoms with van der Waals surface area (Å²) in [5, 5.41) is 3.78. The number of halogens is 2. The fourth-order valence-electron chi connectivity index (χ4n) is 1.82. The Kier molecular flexibility index (Phi) is 5.05. The third-order valence-electron chi connectivity index (χ3n) is 2.97. The van der Waals surface area contributed by atoms with Crippen molar-refractivity contribution in [2.45, 2.75) is 19.8 Å². The van der Waals surface area contributed by atoms with Gasteiger partial charge in [0.05, 0.1) is 10.7 Å². The van der Waals surface area contributed by atoms with Crippen LogP contribution >= 0.6 is 23.2 Å². The van der Waals surface area contributed by atoms with Crippen molar-refractivity contribution in [3.8, 4) is 0 Å². The van der Waals surface area contributed by atoms with E-state index in [1.807, 2.05) is 31.2 Å². The van der Waals surface area contributed by atoms with Gasteiger partial charge in [-0.05, 0) is 37.1 Å². The topological polar surface area (TPSA) is 29.1 Å². The highest BCUT2D eigenvalue weighted by Gasteiger charge is 2.06. The Hall–Kier alpha value is -1.51. The summed E-state index contributed by atoms with van der Waals surface area (Å²) in [6.07, 6.45) is 1.12. The van der Waals surface area contributed by atoms with Crippen LogP contribution in [0.15, 0.2) is 42.5 Å². The van der Waals surface area contributed by atoms with Gasteiger partial charge in [0.25, 0.3) is 0 Å². The second-order valence-corrected chi connectivity index (χ2v) is 5.50. The van der Waals surface area contributed by atoms with E-state index < -0.39 is 0 Å². The number of nitrogens with one attached hydrogen (secondary N) is 1. The molecular weight excluding hydrogens is 293 g/mol. The normalized spacial score (nSPS) is 10.3. The highest BCUT2D eigenvalue weighted by molar-refractivity contribution is 6.36. The van der Waals surface area contributed by atoms with Crippen LogP contribution < -0.4 is 5.32 Å². The molecule has 1 N–H and O–H groups in total. The molecular formula is C16H15Cl2NO. The van der Waals surface area contributed by atoms with Crippen LogP contribution in [0.5, 0.6) is 0 Å². The molecule has 20 heavy (non-hydrogen) atoms. The summed E-state index contributed by atoms with van der Waals surface area (Å²) in [7, 11) is 0. The molecule has 2 aromatic carbocycles. The third-order valence-corrected chi connectivity index (χ3v) is 3.51. The van der Waals surface area contributed by atoms with Gasteiger partial charge in [0.1, 0.15) is 0 Å². The fraction of sp³-hybridized carbons (Fsp3) is 0.188. The van der Waals surface area contributed by atoms with Crippen LogP contribution in [-0.2, 0) is 11.2 Å². The molecule has 0 heterocycles. The molecule has 104 valence electrons. The SMILES string of the molecule is Cc1ccc(CCC(=O)Nc2ccc(Cl)cc2Cl)cc1. The first-order valence-corrected chi connectivity index (χ1v) is 7.10. The Morgan fingerprint density at radius 1 is 1.10 bits per heavy atom. The zero-order chi connectivity index (χ0) is 14.5. The van der Waals surface area contributed by atoms with Gasteiger partial charge in [-0.15, -0.1) is 0 Å². The lowest BCUT2D eigenvalue weighted by Gasteiger charge is -2.07. The second kappa shape index (κ2) is 6.78. The molecule has 0 unspecified atom stereocenters. The van der Waals surface area contributed by atoms with Gasteiger partial charge in [0.2, 0.25) is 5.91 Å². The first kappa shape index (κ1) is 14.9. The van der Waals surface area contributed by atoms with Gasteiger partial charge in [-0.1, -0.05) is 53.0 Å². The zero-order valence-electron chi connectivity index (χ0n) is 11.1. The first-order chi connectivity index (χ1) is 9.54. The maximum atomic E-state index is 11.9. The monoisotopic (exact) mass is 307 g/mol. The highest BCUT2D eigenvalue weighted by atomic mass is 35.5. The maximum Gasteiger partial charge on any atom is 0.224 e. The average Bonchev–Trinajstić information content (AvgIpc) is 2.41. The van der Waals surface area contributed by atoms with Gasteiger partial charge in [0, 0.05) is 11.4 Å². The molecule has 1 amide bonds. The lowest BCUT2D eigenvalue weighted by molar-refractivity contribution is -0.116. The predicted molar refractivity (Wildman–Crippen MR) is 84.6 cm³/mol. The molecule has 0 aliphatic rings. The van der Waals surface area contributed by atoms with E-state index in [9.17, 15) is 4.79 Å². The minimum atomic E-state index is -0.0604. The smallest absolute Gasteiger partial charge is 0.224 e. The van der Waals surface area contributed by atoms with Crippen molar-refractivity contribution >= 4 is 34.8 Å². The molecule has 0 saturated heterocycles. The number of rotatable bonds is 4. The summed E-state index contributed by atoms with van der Waals surface area (Å²) in [4.78, 5) is 11.9. The summed E-state index contributed by atoms with van der Waals surface area (Å²) >= 11 is 11.8. The Bertz CT molecular complexity index is 608. The van der Waals surface area contributed by atoms with E-state index in [-0.39, 0.29) is 5.91 Å². The number of carbonyl (C=O) groups is 1. The average molecular weight is 308 g/mol. The summed E-state index contributed by atoms with van der Waals surface area (Å²) in [6, 6.07) is 13.2. The summed E-state index contributed by atoms with van der Waals surface area (Å²) in [5.41, 5.74) is 2.95. The molecule has 2 rings (SSSR count). The Balaban J connectivity index is 1.90. The molecule has 0 aliphatic carbocycles. The number of amides is 1. The molecule has 0 aliphatic heterocycles. The van der Waals surface area contributed by atoms with Crippen LogP contribution in [0.25, 0.3) is 0 Å². The van der Waals surface area contributed by atoms with E-state index in [1.165, 1.54) is 5.56 Å². The van der Waals surface area contributed by atoms with Gasteiger partial charge < -0.3 is 5.32 Å². The molecule has 2 aromatic rings. The predicted octanol–water partition coefficient (Wildman–Crippen LogP) is 4.87. The quantitative estimate of drug-likeness (QED) is 0.857. The van der Waals surface area contributed by atoms with Crippen LogP contribution in [0, 0.1) is 6.92 Å². The standard InChI is InChI=1S/C16H15Cl2NO/c1-11-2-4-12(5-3-11)6-9-16(20)19-15-8-7-13(17)10-14(15)18/h2-5,7-8,10H,6,9H2,1H3,(H,19,20). The largest absolute Gasteiger partial charge is 0.325 e. The minimum absolute atomic E-state index is 0.0604. The third kappa shape index (κ3) is 4.26. The van der Waals surface area contributed by atoms with Gasteiger partial charge >= 0.3 is 0 Å². The van der Waals surface area contributed by atoms with Gasteiger partial charge in [-0.3, -0.25) is 4.79 Å². The minimum Gasteiger partial charge on any atom is -0.325 e. The van der Waals surface area contributed by atoms with E-state index in [0.29, 0.717) is 28.6 Å². The maximum absolute atomic E-state index is 11.9. The second-order valence-electron chi connectivity index (χ2n) is 4.66. The number of benzene rings is 2. The van der Waals surface area contributed by atoms with Crippen LogP contribution in [-0.4, -0.2) is 5.91 Å². The van der Waals surface area contributed by atoms with E-state index in [2.05, 4.69) is 5.32 Å². The lowest BCUT2D eigenvalue weighted by Crippen LogP contribution is -2.12. The molecule has 0 bridgehead atoms. The Morgan fingerprint density at radius 2 is 1.80 bits per heavy atom. The number of aryl methyl sites for hydroxylation is 2. The number of hydrogen-bond acceptors (Lipinski definition) is 1. The van der Waals surface area contributed by atoms with E-state index in [4.69, 9.17) is 23.2 Å². The van der Waals surface area contributed by atoms with E-state index in [0.717, 1.165) is 5.56 Å². The van der Waals surface area contributed by atoms with E-state index in [1.54, 1.807) is 18.2 Å². The Labute approximate surface area is 128 Å². The Morgan fingerprint density at radius 3 is 2.45 bits per heavy atom. The molecule has 0 saturated carbocycles. The van der Waals surface area contributed by atoms with Crippen LogP contribution in [0.4, 0.5) is 5.69 Å². The first-order valence-electron chi connectivity index (χ1n) is 6.35. The zero-order valence-corrected chi connectivity index (χ0v) is 12.6.